The van der Waals surface area contributed by atoms with E-state index in [1.54, 1.807) is 30.5 Å². The van der Waals surface area contributed by atoms with Crippen molar-refractivity contribution in [1.82, 2.24) is 4.98 Å². The molecule has 0 saturated carbocycles. The summed E-state index contributed by atoms with van der Waals surface area (Å²) >= 11 is 0. The Kier molecular flexibility index (Phi) is 5.57. The molecule has 1 N–H and O–H groups in total. The summed E-state index contributed by atoms with van der Waals surface area (Å²) < 4.78 is 10.7. The van der Waals surface area contributed by atoms with Gasteiger partial charge in [-0.15, -0.1) is 0 Å². The number of carbonyl (C=O) groups excluding carboxylic acids is 2. The molecular formula is C24H20N2O4. The van der Waals surface area contributed by atoms with Crippen LogP contribution < -0.4 is 5.32 Å². The Balaban J connectivity index is 1.54. The minimum Gasteiger partial charge on any atom is -0.463 e. The number of fused-ring (bicyclic) bond motifs is 1. The molecule has 0 fully saturated rings. The fourth-order valence-electron chi connectivity index (χ4n) is 3.24. The first-order chi connectivity index (χ1) is 14.7. The number of carbonyl (C=O) groups is 2. The number of nitrogens with zero attached hydrogens (tertiary/aromatic N) is 1. The summed E-state index contributed by atoms with van der Waals surface area (Å²) in [5, 5.41) is 3.44. The number of para-hydroxylation sites is 2. The summed E-state index contributed by atoms with van der Waals surface area (Å²) in [6.07, 6.45) is 2.33. The Labute approximate surface area is 173 Å². The van der Waals surface area contributed by atoms with Crippen molar-refractivity contribution in [2.75, 3.05) is 11.9 Å². The monoisotopic (exact) mass is 400 g/mol. The first-order valence-corrected chi connectivity index (χ1v) is 9.64. The first kappa shape index (κ1) is 19.4. The van der Waals surface area contributed by atoms with Gasteiger partial charge in [0, 0.05) is 11.1 Å². The van der Waals surface area contributed by atoms with Gasteiger partial charge in [0.25, 0.3) is 5.91 Å². The van der Waals surface area contributed by atoms with Gasteiger partial charge in [-0.3, -0.25) is 4.79 Å². The molecule has 0 atom stereocenters. The second-order valence-electron chi connectivity index (χ2n) is 6.68. The highest BCUT2D eigenvalue weighted by Crippen LogP contribution is 2.25. The number of pyridine rings is 1. The summed E-state index contributed by atoms with van der Waals surface area (Å²) in [6.45, 7) is 1.62. The molecule has 0 aliphatic rings. The standard InChI is InChI=1S/C24H20N2O4/c1-2-16-8-3-5-10-19(16)26-23(27)15-30-24(28)18-14-21(22-12-7-13-29-22)25-20-11-6-4-9-17(18)20/h3-14H,2,15H2,1H3,(H,26,27). The van der Waals surface area contributed by atoms with Crippen LogP contribution in [0.2, 0.25) is 0 Å². The molecular weight excluding hydrogens is 380 g/mol. The van der Waals surface area contributed by atoms with Crippen molar-refractivity contribution < 1.29 is 18.7 Å². The second kappa shape index (κ2) is 8.61. The van der Waals surface area contributed by atoms with Crippen molar-refractivity contribution in [3.8, 4) is 11.5 Å². The number of aryl methyl sites for hydroxylation is 1. The van der Waals surface area contributed by atoms with Crippen LogP contribution >= 0.6 is 0 Å². The van der Waals surface area contributed by atoms with Crippen LogP contribution in [0.3, 0.4) is 0 Å². The lowest BCUT2D eigenvalue weighted by Gasteiger charge is -2.11. The zero-order valence-electron chi connectivity index (χ0n) is 16.4. The highest BCUT2D eigenvalue weighted by atomic mass is 16.5. The SMILES string of the molecule is CCc1ccccc1NC(=O)COC(=O)c1cc(-c2ccco2)nc2ccccc12. The number of ether oxygens (including phenoxy) is 1. The van der Waals surface area contributed by atoms with Gasteiger partial charge in [0.1, 0.15) is 5.69 Å². The van der Waals surface area contributed by atoms with Crippen LogP contribution in [0, 0.1) is 0 Å². The van der Waals surface area contributed by atoms with E-state index in [1.807, 2.05) is 49.4 Å². The molecule has 2 aromatic carbocycles. The van der Waals surface area contributed by atoms with Crippen molar-refractivity contribution in [3.63, 3.8) is 0 Å². The average Bonchev–Trinajstić information content (AvgIpc) is 3.32. The lowest BCUT2D eigenvalue weighted by atomic mass is 10.1. The number of furan rings is 1. The summed E-state index contributed by atoms with van der Waals surface area (Å²) in [7, 11) is 0. The molecule has 1 amide bonds. The minimum atomic E-state index is -0.597. The van der Waals surface area contributed by atoms with E-state index < -0.39 is 11.9 Å². The summed E-state index contributed by atoms with van der Waals surface area (Å²) in [5.74, 6) is -0.446. The molecule has 0 spiro atoms. The van der Waals surface area contributed by atoms with Gasteiger partial charge in [0.05, 0.1) is 17.3 Å². The predicted molar refractivity (Wildman–Crippen MR) is 114 cm³/mol. The van der Waals surface area contributed by atoms with Gasteiger partial charge in [-0.1, -0.05) is 43.3 Å². The molecule has 2 heterocycles. The van der Waals surface area contributed by atoms with Gasteiger partial charge >= 0.3 is 5.97 Å². The quantitative estimate of drug-likeness (QED) is 0.468. The summed E-state index contributed by atoms with van der Waals surface area (Å²) in [6, 6.07) is 19.9. The van der Waals surface area contributed by atoms with Crippen LogP contribution in [-0.2, 0) is 16.0 Å². The third-order valence-electron chi connectivity index (χ3n) is 4.72. The van der Waals surface area contributed by atoms with Crippen LogP contribution in [0.4, 0.5) is 5.69 Å². The van der Waals surface area contributed by atoms with Crippen LogP contribution in [-0.4, -0.2) is 23.5 Å². The van der Waals surface area contributed by atoms with E-state index in [0.717, 1.165) is 17.7 Å². The third kappa shape index (κ3) is 4.07. The predicted octanol–water partition coefficient (Wildman–Crippen LogP) is 4.85. The zero-order valence-corrected chi connectivity index (χ0v) is 16.4. The smallest absolute Gasteiger partial charge is 0.339 e. The molecule has 2 aromatic heterocycles. The number of rotatable bonds is 6. The van der Waals surface area contributed by atoms with Crippen molar-refractivity contribution in [3.05, 3.63) is 84.1 Å². The van der Waals surface area contributed by atoms with Gasteiger partial charge in [-0.25, -0.2) is 9.78 Å². The Morgan fingerprint density at radius 3 is 2.63 bits per heavy atom. The zero-order chi connectivity index (χ0) is 20.9. The van der Waals surface area contributed by atoms with Crippen molar-refractivity contribution in [2.24, 2.45) is 0 Å². The Morgan fingerprint density at radius 2 is 1.83 bits per heavy atom. The number of aromatic nitrogens is 1. The molecule has 4 aromatic rings. The van der Waals surface area contributed by atoms with Gasteiger partial charge in [-0.05, 0) is 42.3 Å². The molecule has 0 aliphatic heterocycles. The summed E-state index contributed by atoms with van der Waals surface area (Å²) in [5.41, 5.74) is 3.22. The maximum atomic E-state index is 12.8. The van der Waals surface area contributed by atoms with E-state index in [9.17, 15) is 9.59 Å². The van der Waals surface area contributed by atoms with Crippen LogP contribution in [0.15, 0.2) is 77.4 Å². The molecule has 0 radical (unpaired) electrons. The molecule has 0 bridgehead atoms. The number of esters is 1. The largest absolute Gasteiger partial charge is 0.463 e. The highest BCUT2D eigenvalue weighted by Gasteiger charge is 2.17. The van der Waals surface area contributed by atoms with Crippen molar-refractivity contribution >= 4 is 28.5 Å². The van der Waals surface area contributed by atoms with E-state index in [2.05, 4.69) is 10.3 Å². The molecule has 6 nitrogen and oxygen atoms in total. The lowest BCUT2D eigenvalue weighted by Crippen LogP contribution is -2.21. The van der Waals surface area contributed by atoms with Gasteiger partial charge in [0.2, 0.25) is 0 Å². The molecule has 0 aliphatic carbocycles. The number of hydrogen-bond acceptors (Lipinski definition) is 5. The van der Waals surface area contributed by atoms with Gasteiger partial charge in [-0.2, -0.15) is 0 Å². The second-order valence-corrected chi connectivity index (χ2v) is 6.68. The Morgan fingerprint density at radius 1 is 1.03 bits per heavy atom. The molecule has 30 heavy (non-hydrogen) atoms. The molecule has 0 saturated heterocycles. The Bertz CT molecular complexity index is 1200. The van der Waals surface area contributed by atoms with Crippen LogP contribution in [0.5, 0.6) is 0 Å². The number of benzene rings is 2. The topological polar surface area (TPSA) is 81.4 Å². The van der Waals surface area contributed by atoms with E-state index in [1.165, 1.54) is 0 Å². The van der Waals surface area contributed by atoms with E-state index in [4.69, 9.17) is 9.15 Å². The highest BCUT2D eigenvalue weighted by molar-refractivity contribution is 6.05. The van der Waals surface area contributed by atoms with E-state index in [0.29, 0.717) is 27.9 Å². The van der Waals surface area contributed by atoms with Crippen molar-refractivity contribution in [1.29, 1.82) is 0 Å². The van der Waals surface area contributed by atoms with Crippen LogP contribution in [0.1, 0.15) is 22.8 Å². The number of amides is 1. The normalized spacial score (nSPS) is 10.7. The number of nitrogens with one attached hydrogen (secondary N) is 1. The van der Waals surface area contributed by atoms with Gasteiger partial charge in [0.15, 0.2) is 12.4 Å². The molecule has 4 rings (SSSR count). The van der Waals surface area contributed by atoms with E-state index in [-0.39, 0.29) is 6.61 Å². The lowest BCUT2D eigenvalue weighted by molar-refractivity contribution is -0.119. The van der Waals surface area contributed by atoms with Crippen molar-refractivity contribution in [2.45, 2.75) is 13.3 Å². The maximum absolute atomic E-state index is 12.8. The minimum absolute atomic E-state index is 0.328. The maximum Gasteiger partial charge on any atom is 0.339 e. The molecule has 6 heteroatoms. The fraction of sp³-hybridized carbons (Fsp3) is 0.125. The third-order valence-corrected chi connectivity index (χ3v) is 4.72. The van der Waals surface area contributed by atoms with Crippen LogP contribution in [0.25, 0.3) is 22.4 Å². The van der Waals surface area contributed by atoms with E-state index >= 15 is 0 Å². The average molecular weight is 400 g/mol. The number of hydrogen-bond donors (Lipinski definition) is 1. The molecule has 0 unspecified atom stereocenters. The first-order valence-electron chi connectivity index (χ1n) is 9.64. The summed E-state index contributed by atoms with van der Waals surface area (Å²) in [4.78, 5) is 29.7. The Hall–Kier alpha value is -3.93. The molecule has 150 valence electrons. The number of anilines is 1. The fourth-order valence-corrected chi connectivity index (χ4v) is 3.24. The van der Waals surface area contributed by atoms with Gasteiger partial charge < -0.3 is 14.5 Å².